The number of hydrogen-bond acceptors (Lipinski definition) is 7. The summed E-state index contributed by atoms with van der Waals surface area (Å²) in [7, 11) is 5.31. The van der Waals surface area contributed by atoms with Gasteiger partial charge in [-0.1, -0.05) is 23.7 Å². The number of nitro groups is 1. The smallest absolute Gasteiger partial charge is 0.312 e. The van der Waals surface area contributed by atoms with Crippen molar-refractivity contribution in [3.63, 3.8) is 0 Å². The van der Waals surface area contributed by atoms with Gasteiger partial charge in [-0.25, -0.2) is 0 Å². The van der Waals surface area contributed by atoms with E-state index in [-0.39, 0.29) is 22.9 Å². The Bertz CT molecular complexity index is 1010. The van der Waals surface area contributed by atoms with E-state index in [1.54, 1.807) is 30.3 Å². The molecule has 2 aromatic carbocycles. The van der Waals surface area contributed by atoms with E-state index in [0.29, 0.717) is 29.2 Å². The summed E-state index contributed by atoms with van der Waals surface area (Å²) in [6.07, 6.45) is 0.535. The maximum atomic E-state index is 13.2. The molecular weight excluding hydrogens is 442 g/mol. The molecule has 0 saturated heterocycles. The number of ketones is 1. The van der Waals surface area contributed by atoms with Crippen LogP contribution in [0.3, 0.4) is 0 Å². The Hall–Kier alpha value is -2.62. The van der Waals surface area contributed by atoms with Crippen molar-refractivity contribution in [1.82, 2.24) is 4.90 Å². The Morgan fingerprint density at radius 1 is 1.19 bits per heavy atom. The van der Waals surface area contributed by atoms with Gasteiger partial charge in [-0.05, 0) is 56.9 Å². The number of nitrogens with zero attached hydrogens (tertiary/aromatic N) is 3. The van der Waals surface area contributed by atoms with Gasteiger partial charge < -0.3 is 9.64 Å². The summed E-state index contributed by atoms with van der Waals surface area (Å²) in [5.74, 6) is -0.799. The molecule has 0 N–H and O–H groups in total. The minimum Gasteiger partial charge on any atom is -0.497 e. The van der Waals surface area contributed by atoms with Crippen LogP contribution in [0.5, 0.6) is 5.75 Å². The first kappa shape index (κ1) is 23.1. The number of ether oxygens (including phenoxy) is 1. The lowest BCUT2D eigenvalue weighted by Gasteiger charge is -2.22. The standard InChI is InChI=1S/C21H22ClN3O5S/c1-23(2)11-4-12-24-18-16(10-9-15(22)17(18)25(28)29)31-20(19(26)21(24)27)13-5-7-14(30-3)8-6-13/h5-10,20H,4,11-12H2,1-3H3. The molecule has 0 saturated carbocycles. The third kappa shape index (κ3) is 4.84. The lowest BCUT2D eigenvalue weighted by atomic mass is 10.1. The number of anilines is 1. The predicted molar refractivity (Wildman–Crippen MR) is 120 cm³/mol. The van der Waals surface area contributed by atoms with Crippen LogP contribution in [0, 0.1) is 10.1 Å². The molecule has 0 spiro atoms. The highest BCUT2D eigenvalue weighted by molar-refractivity contribution is 8.00. The van der Waals surface area contributed by atoms with Crippen molar-refractivity contribution in [1.29, 1.82) is 0 Å². The summed E-state index contributed by atoms with van der Waals surface area (Å²) in [6, 6.07) is 9.89. The number of benzene rings is 2. The van der Waals surface area contributed by atoms with E-state index in [2.05, 4.69) is 0 Å². The minimum absolute atomic E-state index is 0.0786. The zero-order valence-electron chi connectivity index (χ0n) is 17.3. The molecule has 164 valence electrons. The summed E-state index contributed by atoms with van der Waals surface area (Å²) >= 11 is 7.25. The fourth-order valence-electron chi connectivity index (χ4n) is 3.35. The van der Waals surface area contributed by atoms with Crippen LogP contribution in [0.15, 0.2) is 41.3 Å². The second kappa shape index (κ2) is 9.67. The molecule has 1 unspecified atom stereocenters. The number of methoxy groups -OCH3 is 1. The fourth-order valence-corrected chi connectivity index (χ4v) is 4.79. The molecule has 0 bridgehead atoms. The molecule has 8 nitrogen and oxygen atoms in total. The molecule has 0 aromatic heterocycles. The highest BCUT2D eigenvalue weighted by atomic mass is 35.5. The third-order valence-corrected chi connectivity index (χ3v) is 6.47. The summed E-state index contributed by atoms with van der Waals surface area (Å²) in [5.41, 5.74) is 0.325. The van der Waals surface area contributed by atoms with Gasteiger partial charge in [0.15, 0.2) is 0 Å². The van der Waals surface area contributed by atoms with Crippen molar-refractivity contribution in [2.24, 2.45) is 0 Å². The Morgan fingerprint density at radius 2 is 1.87 bits per heavy atom. The topological polar surface area (TPSA) is 93.0 Å². The molecule has 1 aliphatic rings. The van der Waals surface area contributed by atoms with Gasteiger partial charge in [0.25, 0.3) is 5.91 Å². The number of rotatable bonds is 7. The zero-order valence-corrected chi connectivity index (χ0v) is 18.9. The summed E-state index contributed by atoms with van der Waals surface area (Å²) < 4.78 is 5.16. The lowest BCUT2D eigenvalue weighted by Crippen LogP contribution is -2.39. The Balaban J connectivity index is 2.11. The quantitative estimate of drug-likeness (QED) is 0.348. The van der Waals surface area contributed by atoms with Crippen molar-refractivity contribution >= 4 is 46.4 Å². The highest BCUT2D eigenvalue weighted by Crippen LogP contribution is 2.49. The fraction of sp³-hybridized carbons (Fsp3) is 0.333. The van der Waals surface area contributed by atoms with E-state index in [9.17, 15) is 19.7 Å². The van der Waals surface area contributed by atoms with Crippen LogP contribution in [0.1, 0.15) is 17.2 Å². The second-order valence-corrected chi connectivity index (χ2v) is 8.80. The number of nitro benzene ring substituents is 1. The van der Waals surface area contributed by atoms with Crippen LogP contribution in [-0.4, -0.2) is 55.8 Å². The molecule has 1 heterocycles. The number of thioether (sulfide) groups is 1. The predicted octanol–water partition coefficient (Wildman–Crippen LogP) is 3.96. The molecule has 0 radical (unpaired) electrons. The van der Waals surface area contributed by atoms with Crippen molar-refractivity contribution in [2.45, 2.75) is 16.6 Å². The molecule has 1 amide bonds. The Kier molecular flexibility index (Phi) is 7.19. The van der Waals surface area contributed by atoms with Crippen LogP contribution in [-0.2, 0) is 9.59 Å². The number of carbonyl (C=O) groups excluding carboxylic acids is 2. The number of amides is 1. The van der Waals surface area contributed by atoms with Crippen molar-refractivity contribution in [2.75, 3.05) is 39.2 Å². The second-order valence-electron chi connectivity index (χ2n) is 7.25. The molecule has 2 aromatic rings. The number of halogens is 1. The maximum Gasteiger partial charge on any atom is 0.312 e. The van der Waals surface area contributed by atoms with E-state index in [0.717, 1.165) is 11.8 Å². The van der Waals surface area contributed by atoms with Crippen LogP contribution in [0.4, 0.5) is 11.4 Å². The first-order chi connectivity index (χ1) is 14.7. The number of fused-ring (bicyclic) bond motifs is 1. The van der Waals surface area contributed by atoms with Gasteiger partial charge >= 0.3 is 5.69 Å². The number of Topliss-reactive ketones (excluding diaryl/α,β-unsaturated/α-hetero) is 1. The summed E-state index contributed by atoms with van der Waals surface area (Å²) in [6.45, 7) is 0.809. The number of carbonyl (C=O) groups is 2. The molecule has 0 aliphatic carbocycles. The minimum atomic E-state index is -0.836. The van der Waals surface area contributed by atoms with Crippen LogP contribution < -0.4 is 9.64 Å². The van der Waals surface area contributed by atoms with Gasteiger partial charge in [0.05, 0.1) is 12.0 Å². The Labute approximate surface area is 189 Å². The van der Waals surface area contributed by atoms with Gasteiger partial charge in [0.2, 0.25) is 5.78 Å². The maximum absolute atomic E-state index is 13.2. The third-order valence-electron chi connectivity index (χ3n) is 4.86. The SMILES string of the molecule is COc1ccc(C2Sc3ccc(Cl)c([N+](=O)[O-])c3N(CCCN(C)C)C(=O)C2=O)cc1. The summed E-state index contributed by atoms with van der Waals surface area (Å²) in [4.78, 5) is 41.2. The Morgan fingerprint density at radius 3 is 2.45 bits per heavy atom. The molecular formula is C21H22ClN3O5S. The molecule has 1 aliphatic heterocycles. The lowest BCUT2D eigenvalue weighted by molar-refractivity contribution is -0.384. The zero-order chi connectivity index (χ0) is 22.7. The van der Waals surface area contributed by atoms with E-state index < -0.39 is 21.9 Å². The van der Waals surface area contributed by atoms with Gasteiger partial charge in [0.1, 0.15) is 21.7 Å². The molecule has 3 rings (SSSR count). The normalized spacial score (nSPS) is 16.3. The van der Waals surface area contributed by atoms with Gasteiger partial charge in [-0.15, -0.1) is 11.8 Å². The molecule has 1 atom stereocenters. The summed E-state index contributed by atoms with van der Waals surface area (Å²) in [5, 5.41) is 10.9. The van der Waals surface area contributed by atoms with Crippen molar-refractivity contribution in [3.05, 3.63) is 57.1 Å². The first-order valence-corrected chi connectivity index (χ1v) is 10.8. The average molecular weight is 464 g/mol. The first-order valence-electron chi connectivity index (χ1n) is 9.52. The molecule has 10 heteroatoms. The molecule has 0 fully saturated rings. The van der Waals surface area contributed by atoms with Crippen molar-refractivity contribution < 1.29 is 19.2 Å². The van der Waals surface area contributed by atoms with Crippen LogP contribution in [0.2, 0.25) is 5.02 Å². The van der Waals surface area contributed by atoms with E-state index in [4.69, 9.17) is 16.3 Å². The van der Waals surface area contributed by atoms with E-state index in [1.165, 1.54) is 18.1 Å². The molecule has 31 heavy (non-hydrogen) atoms. The van der Waals surface area contributed by atoms with E-state index in [1.807, 2.05) is 19.0 Å². The monoisotopic (exact) mass is 463 g/mol. The van der Waals surface area contributed by atoms with E-state index >= 15 is 0 Å². The van der Waals surface area contributed by atoms with Gasteiger partial charge in [0, 0.05) is 11.4 Å². The van der Waals surface area contributed by atoms with Crippen molar-refractivity contribution in [3.8, 4) is 5.75 Å². The van der Waals surface area contributed by atoms with Gasteiger partial charge in [-0.2, -0.15) is 0 Å². The van der Waals surface area contributed by atoms with Crippen LogP contribution >= 0.6 is 23.4 Å². The van der Waals surface area contributed by atoms with Crippen LogP contribution in [0.25, 0.3) is 0 Å². The largest absolute Gasteiger partial charge is 0.497 e. The van der Waals surface area contributed by atoms with Gasteiger partial charge in [-0.3, -0.25) is 24.6 Å². The highest BCUT2D eigenvalue weighted by Gasteiger charge is 2.41. The average Bonchev–Trinajstić information content (AvgIpc) is 2.83. The number of hydrogen-bond donors (Lipinski definition) is 0.